The summed E-state index contributed by atoms with van der Waals surface area (Å²) >= 11 is 0. The fourth-order valence-corrected chi connectivity index (χ4v) is 1.16. The van der Waals surface area contributed by atoms with Crippen LogP contribution in [0.25, 0.3) is 0 Å². The summed E-state index contributed by atoms with van der Waals surface area (Å²) in [7, 11) is 0. The fraction of sp³-hybridized carbons (Fsp3) is 0.364. The largest absolute Gasteiger partial charge is 0.395 e. The molecular weight excluding hydrogens is 211 g/mol. The molecule has 0 fully saturated rings. The van der Waals surface area contributed by atoms with Gasteiger partial charge in [0.05, 0.1) is 12.6 Å². The minimum absolute atomic E-state index is 0.0197. The molecule has 1 rings (SSSR count). The highest BCUT2D eigenvalue weighted by Crippen LogP contribution is 2.08. The lowest BCUT2D eigenvalue weighted by molar-refractivity contribution is -0.117. The van der Waals surface area contributed by atoms with Crippen molar-refractivity contribution in [3.05, 3.63) is 30.1 Å². The number of nitrogens with one attached hydrogen (secondary N) is 2. The number of rotatable bonds is 5. The Bertz CT molecular complexity index is 340. The van der Waals surface area contributed by atoms with Gasteiger partial charge in [-0.05, 0) is 31.2 Å². The molecule has 0 aliphatic carbocycles. The van der Waals surface area contributed by atoms with Crippen LogP contribution in [0.5, 0.6) is 0 Å². The minimum Gasteiger partial charge on any atom is -0.395 e. The lowest BCUT2D eigenvalue weighted by Crippen LogP contribution is -2.39. The number of benzene rings is 1. The van der Waals surface area contributed by atoms with Crippen LogP contribution >= 0.6 is 0 Å². The van der Waals surface area contributed by atoms with Crippen molar-refractivity contribution in [3.8, 4) is 0 Å². The molecule has 0 aliphatic heterocycles. The Kier molecular flexibility index (Phi) is 4.88. The van der Waals surface area contributed by atoms with Gasteiger partial charge in [0.2, 0.25) is 5.91 Å². The van der Waals surface area contributed by atoms with Crippen LogP contribution in [0, 0.1) is 5.82 Å². The standard InChI is InChI=1S/C11H15FN2O2/c1-8(13-6-7-15)11(16)14-10-4-2-9(12)3-5-10/h2-5,8,13,15H,6-7H2,1H3,(H,14,16). The number of halogens is 1. The first-order valence-corrected chi connectivity index (χ1v) is 5.04. The first-order chi connectivity index (χ1) is 7.63. The molecule has 1 unspecified atom stereocenters. The summed E-state index contributed by atoms with van der Waals surface area (Å²) < 4.78 is 12.6. The summed E-state index contributed by atoms with van der Waals surface area (Å²) in [5.41, 5.74) is 0.545. The van der Waals surface area contributed by atoms with Gasteiger partial charge in [0.15, 0.2) is 0 Å². The maximum Gasteiger partial charge on any atom is 0.241 e. The lowest BCUT2D eigenvalue weighted by Gasteiger charge is -2.13. The molecule has 4 nitrogen and oxygen atoms in total. The number of aliphatic hydroxyl groups excluding tert-OH is 1. The molecule has 0 heterocycles. The molecule has 5 heteroatoms. The van der Waals surface area contributed by atoms with Gasteiger partial charge in [0, 0.05) is 12.2 Å². The van der Waals surface area contributed by atoms with Crippen LogP contribution in [0.1, 0.15) is 6.92 Å². The number of hydrogen-bond acceptors (Lipinski definition) is 3. The van der Waals surface area contributed by atoms with Gasteiger partial charge in [-0.3, -0.25) is 4.79 Å². The second-order valence-electron chi connectivity index (χ2n) is 3.40. The van der Waals surface area contributed by atoms with Crippen LogP contribution in [0.4, 0.5) is 10.1 Å². The van der Waals surface area contributed by atoms with Crippen molar-refractivity contribution in [2.45, 2.75) is 13.0 Å². The Morgan fingerprint density at radius 1 is 1.44 bits per heavy atom. The SMILES string of the molecule is CC(NCCO)C(=O)Nc1ccc(F)cc1. The highest BCUT2D eigenvalue weighted by Gasteiger charge is 2.11. The number of carbonyl (C=O) groups excluding carboxylic acids is 1. The summed E-state index contributed by atoms with van der Waals surface area (Å²) in [6.45, 7) is 2.03. The molecule has 0 radical (unpaired) electrons. The van der Waals surface area contributed by atoms with Crippen LogP contribution in [0.3, 0.4) is 0 Å². The van der Waals surface area contributed by atoms with Gasteiger partial charge in [-0.2, -0.15) is 0 Å². The summed E-state index contributed by atoms with van der Waals surface area (Å²) in [4.78, 5) is 11.6. The van der Waals surface area contributed by atoms with Gasteiger partial charge in [-0.1, -0.05) is 0 Å². The van der Waals surface area contributed by atoms with Crippen LogP contribution in [-0.2, 0) is 4.79 Å². The van der Waals surface area contributed by atoms with E-state index in [-0.39, 0.29) is 18.3 Å². The molecule has 0 bridgehead atoms. The first-order valence-electron chi connectivity index (χ1n) is 5.04. The summed E-state index contributed by atoms with van der Waals surface area (Å²) in [5.74, 6) is -0.565. The number of amides is 1. The third kappa shape index (κ3) is 3.96. The normalized spacial score (nSPS) is 12.2. The summed E-state index contributed by atoms with van der Waals surface area (Å²) in [6.07, 6.45) is 0. The Morgan fingerprint density at radius 3 is 2.62 bits per heavy atom. The third-order valence-corrected chi connectivity index (χ3v) is 2.07. The van der Waals surface area contributed by atoms with Crippen LogP contribution < -0.4 is 10.6 Å². The molecule has 16 heavy (non-hydrogen) atoms. The van der Waals surface area contributed by atoms with Gasteiger partial charge < -0.3 is 15.7 Å². The van der Waals surface area contributed by atoms with E-state index in [1.807, 2.05) is 0 Å². The molecule has 1 amide bonds. The maximum atomic E-state index is 12.6. The summed E-state index contributed by atoms with van der Waals surface area (Å²) in [5, 5.41) is 14.0. The number of aliphatic hydroxyl groups is 1. The first kappa shape index (κ1) is 12.6. The molecule has 3 N–H and O–H groups in total. The van der Waals surface area contributed by atoms with Gasteiger partial charge in [-0.25, -0.2) is 4.39 Å². The van der Waals surface area contributed by atoms with Crippen molar-refractivity contribution in [2.24, 2.45) is 0 Å². The third-order valence-electron chi connectivity index (χ3n) is 2.07. The van der Waals surface area contributed by atoms with Crippen LogP contribution in [0.2, 0.25) is 0 Å². The lowest BCUT2D eigenvalue weighted by atomic mass is 10.2. The van der Waals surface area contributed by atoms with Gasteiger partial charge >= 0.3 is 0 Å². The van der Waals surface area contributed by atoms with Crippen LogP contribution in [0.15, 0.2) is 24.3 Å². The number of anilines is 1. The predicted molar refractivity (Wildman–Crippen MR) is 59.6 cm³/mol. The number of carbonyl (C=O) groups is 1. The highest BCUT2D eigenvalue weighted by atomic mass is 19.1. The van der Waals surface area contributed by atoms with E-state index in [4.69, 9.17) is 5.11 Å². The maximum absolute atomic E-state index is 12.6. The van der Waals surface area contributed by atoms with Gasteiger partial charge in [0.25, 0.3) is 0 Å². The Labute approximate surface area is 93.5 Å². The van der Waals surface area contributed by atoms with Crippen molar-refractivity contribution in [3.63, 3.8) is 0 Å². The zero-order chi connectivity index (χ0) is 12.0. The molecule has 88 valence electrons. The smallest absolute Gasteiger partial charge is 0.241 e. The van der Waals surface area contributed by atoms with Crippen molar-refractivity contribution >= 4 is 11.6 Å². The molecule has 0 saturated carbocycles. The second-order valence-corrected chi connectivity index (χ2v) is 3.40. The second kappa shape index (κ2) is 6.19. The van der Waals surface area contributed by atoms with Crippen molar-refractivity contribution in [1.82, 2.24) is 5.32 Å². The number of hydrogen-bond donors (Lipinski definition) is 3. The zero-order valence-electron chi connectivity index (χ0n) is 9.03. The molecule has 1 aromatic rings. The Hall–Kier alpha value is -1.46. The van der Waals surface area contributed by atoms with Gasteiger partial charge in [0.1, 0.15) is 5.82 Å². The highest BCUT2D eigenvalue weighted by molar-refractivity contribution is 5.94. The predicted octanol–water partition coefficient (Wildman–Crippen LogP) is 0.735. The van der Waals surface area contributed by atoms with Gasteiger partial charge in [-0.15, -0.1) is 0 Å². The molecule has 1 aromatic carbocycles. The Balaban J connectivity index is 2.47. The van der Waals surface area contributed by atoms with E-state index < -0.39 is 6.04 Å². The molecule has 0 saturated heterocycles. The van der Waals surface area contributed by atoms with E-state index >= 15 is 0 Å². The van der Waals surface area contributed by atoms with Crippen LogP contribution in [-0.4, -0.2) is 30.2 Å². The van der Waals surface area contributed by atoms with Crippen molar-refractivity contribution in [2.75, 3.05) is 18.5 Å². The Morgan fingerprint density at radius 2 is 2.06 bits per heavy atom. The van der Waals surface area contributed by atoms with E-state index in [2.05, 4.69) is 10.6 Å². The van der Waals surface area contributed by atoms with E-state index in [9.17, 15) is 9.18 Å². The minimum atomic E-state index is -0.405. The average molecular weight is 226 g/mol. The molecular formula is C11H15FN2O2. The average Bonchev–Trinajstić information content (AvgIpc) is 2.29. The summed E-state index contributed by atoms with van der Waals surface area (Å²) in [6, 6.07) is 5.14. The van der Waals surface area contributed by atoms with Crippen molar-refractivity contribution < 1.29 is 14.3 Å². The van der Waals surface area contributed by atoms with E-state index in [0.717, 1.165) is 0 Å². The topological polar surface area (TPSA) is 61.4 Å². The molecule has 0 aromatic heterocycles. The quantitative estimate of drug-likeness (QED) is 0.693. The molecule has 0 spiro atoms. The van der Waals surface area contributed by atoms with E-state index in [1.165, 1.54) is 24.3 Å². The zero-order valence-corrected chi connectivity index (χ0v) is 9.03. The van der Waals surface area contributed by atoms with E-state index in [0.29, 0.717) is 12.2 Å². The monoisotopic (exact) mass is 226 g/mol. The van der Waals surface area contributed by atoms with Crippen molar-refractivity contribution in [1.29, 1.82) is 0 Å². The molecule has 1 atom stereocenters. The molecule has 0 aliphatic rings. The van der Waals surface area contributed by atoms with E-state index in [1.54, 1.807) is 6.92 Å². The fourth-order valence-electron chi connectivity index (χ4n) is 1.16.